The van der Waals surface area contributed by atoms with Crippen molar-refractivity contribution in [3.63, 3.8) is 0 Å². The van der Waals surface area contributed by atoms with Crippen LogP contribution in [0.1, 0.15) is 0 Å². The van der Waals surface area contributed by atoms with Gasteiger partial charge in [0.1, 0.15) is 11.5 Å². The van der Waals surface area contributed by atoms with Gasteiger partial charge >= 0.3 is 0 Å². The fourth-order valence-corrected chi connectivity index (χ4v) is 2.42. The zero-order valence-electron chi connectivity index (χ0n) is 13.8. The van der Waals surface area contributed by atoms with E-state index < -0.39 is 0 Å². The van der Waals surface area contributed by atoms with Gasteiger partial charge in [0, 0.05) is 11.3 Å². The Morgan fingerprint density at radius 2 is 1.35 bits per heavy atom. The lowest BCUT2D eigenvalue weighted by atomic mass is 10.2. The van der Waals surface area contributed by atoms with E-state index in [1.165, 1.54) is 0 Å². The summed E-state index contributed by atoms with van der Waals surface area (Å²) in [6.45, 7) is 0. The number of hydrogen-bond donors (Lipinski definition) is 1. The Balaban J connectivity index is 0.00000196. The van der Waals surface area contributed by atoms with Crippen LogP contribution >= 0.6 is 0 Å². The third-order valence-electron chi connectivity index (χ3n) is 3.65. The van der Waals surface area contributed by atoms with Gasteiger partial charge in [-0.05, 0) is 36.4 Å². The maximum absolute atomic E-state index is 5.78. The van der Waals surface area contributed by atoms with Gasteiger partial charge in [-0.25, -0.2) is 4.98 Å². The average Bonchev–Trinajstić information content (AvgIpc) is 3.14. The van der Waals surface area contributed by atoms with Gasteiger partial charge in [-0.15, -0.1) is 0 Å². The second-order valence-electron chi connectivity index (χ2n) is 5.46. The average molecular weight is 364 g/mol. The number of aromatic nitrogens is 1. The van der Waals surface area contributed by atoms with Crippen LogP contribution in [0.25, 0.3) is 11.3 Å². The first-order valence-electron chi connectivity index (χ1n) is 7.98. The van der Waals surface area contributed by atoms with E-state index in [-0.39, 0.29) is 12.4 Å². The smallest absolute Gasteiger partial charge is 0.299 e. The van der Waals surface area contributed by atoms with Crippen LogP contribution in [0.3, 0.4) is 0 Å². The second-order valence-corrected chi connectivity index (χ2v) is 5.46. The van der Waals surface area contributed by atoms with Crippen LogP contribution < -0.4 is 22.5 Å². The molecule has 1 heterocycles. The number of nitrogens with one attached hydrogen (secondary N) is 1. The first-order chi connectivity index (χ1) is 12.4. The Morgan fingerprint density at radius 1 is 0.731 bits per heavy atom. The highest BCUT2D eigenvalue weighted by atomic mass is 35.5. The molecule has 0 saturated carbocycles. The quantitative estimate of drug-likeness (QED) is 0.592. The fraction of sp³-hybridized carbons (Fsp3) is 0. The molecule has 0 aliphatic rings. The molecule has 0 amide bonds. The van der Waals surface area contributed by atoms with Crippen molar-refractivity contribution in [2.24, 2.45) is 0 Å². The van der Waals surface area contributed by atoms with Gasteiger partial charge in [-0.3, -0.25) is 0 Å². The molecule has 1 N–H and O–H groups in total. The Morgan fingerprint density at radius 3 is 2.04 bits per heavy atom. The summed E-state index contributed by atoms with van der Waals surface area (Å²) in [5.74, 6) is 2.31. The van der Waals surface area contributed by atoms with E-state index in [0.717, 1.165) is 28.5 Å². The third kappa shape index (κ3) is 4.23. The maximum Gasteiger partial charge on any atom is 0.299 e. The number of para-hydroxylation sites is 1. The van der Waals surface area contributed by atoms with Crippen LogP contribution in [-0.4, -0.2) is 4.98 Å². The van der Waals surface area contributed by atoms with Gasteiger partial charge in [-0.2, -0.15) is 0 Å². The van der Waals surface area contributed by atoms with Gasteiger partial charge in [-0.1, -0.05) is 48.5 Å². The second kappa shape index (κ2) is 8.23. The molecule has 0 radical (unpaired) electrons. The molecular weight excluding hydrogens is 348 g/mol. The molecule has 4 rings (SSSR count). The fourth-order valence-electron chi connectivity index (χ4n) is 2.42. The van der Waals surface area contributed by atoms with Crippen LogP contribution in [0.5, 0.6) is 11.5 Å². The summed E-state index contributed by atoms with van der Waals surface area (Å²) in [6, 6.07) is 27.7. The zero-order valence-corrected chi connectivity index (χ0v) is 14.6. The summed E-state index contributed by atoms with van der Waals surface area (Å²) in [6.07, 6.45) is 1.71. The number of benzene rings is 3. The minimum absolute atomic E-state index is 0. The maximum atomic E-state index is 5.78. The Bertz CT molecular complexity index is 939. The molecule has 4 aromatic rings. The van der Waals surface area contributed by atoms with E-state index in [1.807, 2.05) is 84.9 Å². The molecule has 3 aromatic carbocycles. The topological polar surface area (TPSA) is 47.3 Å². The van der Waals surface area contributed by atoms with Gasteiger partial charge < -0.3 is 26.9 Å². The number of halogens is 1. The molecule has 0 spiro atoms. The van der Waals surface area contributed by atoms with E-state index in [0.29, 0.717) is 6.01 Å². The summed E-state index contributed by atoms with van der Waals surface area (Å²) >= 11 is 0. The van der Waals surface area contributed by atoms with Crippen molar-refractivity contribution < 1.29 is 21.6 Å². The molecule has 0 aliphatic heterocycles. The number of oxazole rings is 1. The zero-order chi connectivity index (χ0) is 16.9. The summed E-state index contributed by atoms with van der Waals surface area (Å²) in [7, 11) is 0. The predicted octanol–water partition coefficient (Wildman–Crippen LogP) is 2.88. The highest BCUT2D eigenvalue weighted by molar-refractivity contribution is 5.59. The standard InChI is InChI=1S/C21H16N2O2.ClH/c1-3-7-16(8-4-1)20-15-22-21(25-20)23-17-11-13-19(14-12-17)24-18-9-5-2-6-10-18;/h1-15H,(H,22,23);1H/p-1. The van der Waals surface area contributed by atoms with Crippen molar-refractivity contribution in [2.75, 3.05) is 5.32 Å². The lowest BCUT2D eigenvalue weighted by molar-refractivity contribution is -0.00000604. The predicted molar refractivity (Wildman–Crippen MR) is 98.2 cm³/mol. The lowest BCUT2D eigenvalue weighted by Gasteiger charge is -2.06. The van der Waals surface area contributed by atoms with E-state index in [2.05, 4.69) is 10.3 Å². The number of hydrogen-bond acceptors (Lipinski definition) is 4. The molecule has 0 atom stereocenters. The number of rotatable bonds is 5. The number of nitrogens with zero attached hydrogens (tertiary/aromatic N) is 1. The first kappa shape index (κ1) is 17.6. The molecule has 0 bridgehead atoms. The van der Waals surface area contributed by atoms with Gasteiger partial charge in [0.25, 0.3) is 6.01 Å². The van der Waals surface area contributed by atoms with Crippen LogP contribution in [0.2, 0.25) is 0 Å². The monoisotopic (exact) mass is 363 g/mol. The van der Waals surface area contributed by atoms with Gasteiger partial charge in [0.15, 0.2) is 5.76 Å². The Kier molecular flexibility index (Phi) is 5.56. The molecule has 1 aromatic heterocycles. The minimum atomic E-state index is 0. The van der Waals surface area contributed by atoms with Gasteiger partial charge in [0.2, 0.25) is 0 Å². The van der Waals surface area contributed by atoms with Crippen molar-refractivity contribution in [2.45, 2.75) is 0 Å². The van der Waals surface area contributed by atoms with Crippen LogP contribution in [0.4, 0.5) is 11.7 Å². The van der Waals surface area contributed by atoms with Crippen LogP contribution in [0, 0.1) is 0 Å². The SMILES string of the molecule is [Cl-].c1ccc(Oc2ccc(Nc3ncc(-c4ccccc4)o3)cc2)cc1. The van der Waals surface area contributed by atoms with Gasteiger partial charge in [0.05, 0.1) is 6.20 Å². The Hall–Kier alpha value is -3.24. The molecule has 26 heavy (non-hydrogen) atoms. The molecule has 5 heteroatoms. The molecule has 0 unspecified atom stereocenters. The highest BCUT2D eigenvalue weighted by Crippen LogP contribution is 2.26. The minimum Gasteiger partial charge on any atom is -1.00 e. The molecule has 0 fully saturated rings. The normalized spacial score (nSPS) is 10.0. The molecule has 130 valence electrons. The number of anilines is 2. The van der Waals surface area contributed by atoms with E-state index >= 15 is 0 Å². The van der Waals surface area contributed by atoms with Crippen molar-refractivity contribution >= 4 is 11.7 Å². The van der Waals surface area contributed by atoms with Crippen LogP contribution in [0.15, 0.2) is 95.5 Å². The van der Waals surface area contributed by atoms with Crippen molar-refractivity contribution in [1.82, 2.24) is 4.98 Å². The molecular formula is C21H16ClN2O2-. The molecule has 0 aliphatic carbocycles. The summed E-state index contributed by atoms with van der Waals surface area (Å²) in [5.41, 5.74) is 1.87. The van der Waals surface area contributed by atoms with E-state index in [9.17, 15) is 0 Å². The van der Waals surface area contributed by atoms with E-state index in [1.54, 1.807) is 6.20 Å². The summed E-state index contributed by atoms with van der Waals surface area (Å²) < 4.78 is 11.5. The largest absolute Gasteiger partial charge is 1.00 e. The lowest BCUT2D eigenvalue weighted by Crippen LogP contribution is -3.00. The first-order valence-corrected chi connectivity index (χ1v) is 7.98. The third-order valence-corrected chi connectivity index (χ3v) is 3.65. The molecule has 0 saturated heterocycles. The number of ether oxygens (including phenoxy) is 1. The van der Waals surface area contributed by atoms with Crippen molar-refractivity contribution in [3.05, 3.63) is 91.1 Å². The summed E-state index contributed by atoms with van der Waals surface area (Å²) in [4.78, 5) is 4.27. The van der Waals surface area contributed by atoms with Crippen LogP contribution in [-0.2, 0) is 0 Å². The van der Waals surface area contributed by atoms with Crippen molar-refractivity contribution in [1.29, 1.82) is 0 Å². The summed E-state index contributed by atoms with van der Waals surface area (Å²) in [5, 5.41) is 3.15. The van der Waals surface area contributed by atoms with Crippen molar-refractivity contribution in [3.8, 4) is 22.8 Å². The molecule has 4 nitrogen and oxygen atoms in total. The highest BCUT2D eigenvalue weighted by Gasteiger charge is 2.06. The Labute approximate surface area is 157 Å². The van der Waals surface area contributed by atoms with E-state index in [4.69, 9.17) is 9.15 Å².